The van der Waals surface area contributed by atoms with E-state index < -0.39 is 0 Å². The fraction of sp³-hybridized carbons (Fsp3) is 0.625. The van der Waals surface area contributed by atoms with Gasteiger partial charge in [0.1, 0.15) is 0 Å². The third-order valence-electron chi connectivity index (χ3n) is 7.53. The molecule has 5 rings (SSSR count). The predicted octanol–water partition coefficient (Wildman–Crippen LogP) is 4.47. The average Bonchev–Trinajstić information content (AvgIpc) is 3.49. The molecule has 5 heteroatoms. The van der Waals surface area contributed by atoms with Gasteiger partial charge in [-0.05, 0) is 86.5 Å². The number of amides is 1. The summed E-state index contributed by atoms with van der Waals surface area (Å²) < 4.78 is 7.54. The standard InChI is InChI=1S/C24H32N2O2S/c1-25(23(27)16-18-6-4-7-22-19(18)9-15-29-22)20-8-11-24(10-5-14-28-24)17-21(20)26-12-2-3-13-26/h4,6-7,9,15,20-21H,2-3,5,8,10-14,16-17H2,1H3. The Labute approximate surface area is 177 Å². The third-order valence-corrected chi connectivity index (χ3v) is 8.42. The number of ether oxygens (including phenoxy) is 1. The first kappa shape index (κ1) is 19.5. The Morgan fingerprint density at radius 2 is 2.10 bits per heavy atom. The first-order valence-corrected chi connectivity index (χ1v) is 12.1. The Hall–Kier alpha value is -1.43. The minimum absolute atomic E-state index is 0.0793. The molecule has 4 nitrogen and oxygen atoms in total. The number of carbonyl (C=O) groups is 1. The van der Waals surface area contributed by atoms with Gasteiger partial charge < -0.3 is 9.64 Å². The summed E-state index contributed by atoms with van der Waals surface area (Å²) in [5.41, 5.74) is 1.24. The minimum Gasteiger partial charge on any atom is -0.375 e. The maximum absolute atomic E-state index is 13.3. The molecular formula is C24H32N2O2S. The van der Waals surface area contributed by atoms with Crippen LogP contribution in [0.1, 0.15) is 50.5 Å². The van der Waals surface area contributed by atoms with Gasteiger partial charge in [0.25, 0.3) is 0 Å². The number of thiophene rings is 1. The Morgan fingerprint density at radius 1 is 1.24 bits per heavy atom. The minimum atomic E-state index is 0.0793. The Kier molecular flexibility index (Phi) is 5.39. The lowest BCUT2D eigenvalue weighted by Crippen LogP contribution is -2.58. The molecule has 3 atom stereocenters. The molecule has 2 aliphatic heterocycles. The van der Waals surface area contributed by atoms with Gasteiger partial charge in [0.15, 0.2) is 0 Å². The van der Waals surface area contributed by atoms with Crippen LogP contribution in [0, 0.1) is 0 Å². The van der Waals surface area contributed by atoms with Crippen molar-refractivity contribution in [1.82, 2.24) is 9.80 Å². The SMILES string of the molecule is CN(C(=O)Cc1cccc2sccc12)C1CCC2(CCCO2)CC1N1CCCC1. The molecule has 0 bridgehead atoms. The van der Waals surface area contributed by atoms with Crippen molar-refractivity contribution < 1.29 is 9.53 Å². The molecule has 3 heterocycles. The lowest BCUT2D eigenvalue weighted by atomic mass is 9.76. The molecule has 1 aliphatic carbocycles. The van der Waals surface area contributed by atoms with E-state index in [2.05, 4.69) is 39.4 Å². The second-order valence-corrected chi connectivity index (χ2v) is 10.1. The van der Waals surface area contributed by atoms with Crippen molar-refractivity contribution in [3.05, 3.63) is 35.2 Å². The van der Waals surface area contributed by atoms with Gasteiger partial charge >= 0.3 is 0 Å². The van der Waals surface area contributed by atoms with E-state index in [-0.39, 0.29) is 11.5 Å². The van der Waals surface area contributed by atoms with Crippen LogP contribution in [-0.2, 0) is 16.0 Å². The highest BCUT2D eigenvalue weighted by Crippen LogP contribution is 2.43. The summed E-state index contributed by atoms with van der Waals surface area (Å²) >= 11 is 1.75. The van der Waals surface area contributed by atoms with E-state index >= 15 is 0 Å². The molecule has 0 N–H and O–H groups in total. The molecule has 1 aromatic heterocycles. The molecule has 1 spiro atoms. The molecule has 156 valence electrons. The Balaban J connectivity index is 1.34. The van der Waals surface area contributed by atoms with Gasteiger partial charge in [-0.15, -0.1) is 11.3 Å². The molecular weight excluding hydrogens is 380 g/mol. The van der Waals surface area contributed by atoms with E-state index in [1.54, 1.807) is 11.3 Å². The molecule has 2 saturated heterocycles. The summed E-state index contributed by atoms with van der Waals surface area (Å²) in [6, 6.07) is 9.23. The van der Waals surface area contributed by atoms with Gasteiger partial charge in [-0.2, -0.15) is 0 Å². The summed E-state index contributed by atoms with van der Waals surface area (Å²) in [6.45, 7) is 3.26. The highest BCUT2D eigenvalue weighted by Gasteiger charge is 2.47. The van der Waals surface area contributed by atoms with Crippen molar-refractivity contribution in [3.63, 3.8) is 0 Å². The van der Waals surface area contributed by atoms with Crippen LogP contribution in [0.15, 0.2) is 29.6 Å². The first-order valence-electron chi connectivity index (χ1n) is 11.2. The van der Waals surface area contributed by atoms with Crippen molar-refractivity contribution in [3.8, 4) is 0 Å². The highest BCUT2D eigenvalue weighted by atomic mass is 32.1. The van der Waals surface area contributed by atoms with Gasteiger partial charge in [0, 0.05) is 30.4 Å². The monoisotopic (exact) mass is 412 g/mol. The first-order chi connectivity index (χ1) is 14.2. The molecule has 3 unspecified atom stereocenters. The van der Waals surface area contributed by atoms with Gasteiger partial charge in [-0.1, -0.05) is 12.1 Å². The number of carbonyl (C=O) groups excluding carboxylic acids is 1. The number of rotatable bonds is 4. The molecule has 0 radical (unpaired) electrons. The van der Waals surface area contributed by atoms with Gasteiger partial charge in [-0.3, -0.25) is 9.69 Å². The number of hydrogen-bond acceptors (Lipinski definition) is 4. The normalized spacial score (nSPS) is 30.4. The van der Waals surface area contributed by atoms with Crippen LogP contribution in [0.4, 0.5) is 0 Å². The van der Waals surface area contributed by atoms with Crippen LogP contribution in [0.25, 0.3) is 10.1 Å². The van der Waals surface area contributed by atoms with Crippen LogP contribution < -0.4 is 0 Å². The van der Waals surface area contributed by atoms with E-state index in [1.807, 2.05) is 7.05 Å². The van der Waals surface area contributed by atoms with Crippen molar-refractivity contribution in [2.75, 3.05) is 26.7 Å². The zero-order valence-corrected chi connectivity index (χ0v) is 18.3. The second kappa shape index (κ2) is 8.01. The molecule has 29 heavy (non-hydrogen) atoms. The number of benzene rings is 1. The maximum Gasteiger partial charge on any atom is 0.227 e. The van der Waals surface area contributed by atoms with E-state index in [0.29, 0.717) is 18.5 Å². The number of nitrogens with zero attached hydrogens (tertiary/aromatic N) is 2. The van der Waals surface area contributed by atoms with Crippen LogP contribution in [0.5, 0.6) is 0 Å². The van der Waals surface area contributed by atoms with Crippen LogP contribution in [0.2, 0.25) is 0 Å². The zero-order chi connectivity index (χ0) is 19.8. The lowest BCUT2D eigenvalue weighted by molar-refractivity contribution is -0.136. The zero-order valence-electron chi connectivity index (χ0n) is 17.4. The molecule has 3 aliphatic rings. The third kappa shape index (κ3) is 3.73. The van der Waals surface area contributed by atoms with Gasteiger partial charge in [0.05, 0.1) is 12.0 Å². The number of fused-ring (bicyclic) bond motifs is 1. The summed E-state index contributed by atoms with van der Waals surface area (Å²) in [6.07, 6.45) is 8.71. The lowest BCUT2D eigenvalue weighted by Gasteiger charge is -2.48. The fourth-order valence-corrected chi connectivity index (χ4v) is 6.75. The van der Waals surface area contributed by atoms with Crippen molar-refractivity contribution in [2.45, 2.75) is 69.1 Å². The Bertz CT molecular complexity index is 867. The van der Waals surface area contributed by atoms with Gasteiger partial charge in [0.2, 0.25) is 5.91 Å². The largest absolute Gasteiger partial charge is 0.375 e. The van der Waals surface area contributed by atoms with Crippen LogP contribution >= 0.6 is 11.3 Å². The summed E-state index contributed by atoms with van der Waals surface area (Å²) in [4.78, 5) is 18.1. The quantitative estimate of drug-likeness (QED) is 0.743. The second-order valence-electron chi connectivity index (χ2n) is 9.19. The van der Waals surface area contributed by atoms with Crippen molar-refractivity contribution in [2.24, 2.45) is 0 Å². The molecule has 1 amide bonds. The topological polar surface area (TPSA) is 32.8 Å². The highest BCUT2D eigenvalue weighted by molar-refractivity contribution is 7.17. The summed E-state index contributed by atoms with van der Waals surface area (Å²) in [7, 11) is 2.04. The van der Waals surface area contributed by atoms with E-state index in [4.69, 9.17) is 4.74 Å². The van der Waals surface area contributed by atoms with Crippen molar-refractivity contribution >= 4 is 27.3 Å². The van der Waals surface area contributed by atoms with Crippen LogP contribution in [-0.4, -0.2) is 60.1 Å². The van der Waals surface area contributed by atoms with E-state index in [1.165, 1.54) is 48.9 Å². The van der Waals surface area contributed by atoms with E-state index in [0.717, 1.165) is 31.4 Å². The molecule has 3 fully saturated rings. The smallest absolute Gasteiger partial charge is 0.227 e. The van der Waals surface area contributed by atoms with Gasteiger partial charge in [-0.25, -0.2) is 0 Å². The van der Waals surface area contributed by atoms with E-state index in [9.17, 15) is 4.79 Å². The summed E-state index contributed by atoms with van der Waals surface area (Å²) in [5, 5.41) is 3.35. The number of likely N-dealkylation sites (N-methyl/N-ethyl adjacent to an activating group) is 1. The molecule has 2 aromatic rings. The number of hydrogen-bond donors (Lipinski definition) is 0. The summed E-state index contributed by atoms with van der Waals surface area (Å²) in [5.74, 6) is 0.251. The fourth-order valence-electron chi connectivity index (χ4n) is 5.92. The average molecular weight is 413 g/mol. The molecule has 1 saturated carbocycles. The maximum atomic E-state index is 13.3. The number of likely N-dealkylation sites (tertiary alicyclic amines) is 1. The van der Waals surface area contributed by atoms with Crippen molar-refractivity contribution in [1.29, 1.82) is 0 Å². The van der Waals surface area contributed by atoms with Crippen LogP contribution in [0.3, 0.4) is 0 Å². The Morgan fingerprint density at radius 3 is 2.90 bits per heavy atom. The molecule has 1 aromatic carbocycles. The predicted molar refractivity (Wildman–Crippen MR) is 118 cm³/mol.